The Kier molecular flexibility index (Phi) is 5.12. The summed E-state index contributed by atoms with van der Waals surface area (Å²) in [7, 11) is 0. The highest BCUT2D eigenvalue weighted by molar-refractivity contribution is 6.27. The number of nitrogens with zero attached hydrogens (tertiary/aromatic N) is 1. The fourth-order valence-electron chi connectivity index (χ4n) is 3.78. The van der Waals surface area contributed by atoms with E-state index in [1.165, 1.54) is 18.2 Å². The third kappa shape index (κ3) is 3.59. The molecule has 1 unspecified atom stereocenters. The molecule has 5 amide bonds. The van der Waals surface area contributed by atoms with Gasteiger partial charge in [0.1, 0.15) is 6.04 Å². The van der Waals surface area contributed by atoms with Crippen LogP contribution in [0.4, 0.5) is 5.69 Å². The summed E-state index contributed by atoms with van der Waals surface area (Å²) < 4.78 is 0. The minimum atomic E-state index is -1.11. The molecule has 2 aromatic carbocycles. The Hall–Kier alpha value is -3.85. The molecule has 0 bridgehead atoms. The lowest BCUT2D eigenvalue weighted by atomic mass is 10.0. The number of hydrogen-bond donors (Lipinski definition) is 3. The van der Waals surface area contributed by atoms with Gasteiger partial charge in [-0.25, -0.2) is 0 Å². The lowest BCUT2D eigenvalue weighted by molar-refractivity contribution is -0.136. The molecular weight excluding hydrogens is 402 g/mol. The minimum absolute atomic E-state index is 0.00639. The van der Waals surface area contributed by atoms with Gasteiger partial charge in [0.15, 0.2) is 0 Å². The largest absolute Gasteiger partial charge is 0.389 e. The number of aliphatic hydroxyl groups excluding tert-OH is 1. The Morgan fingerprint density at radius 1 is 1.13 bits per heavy atom. The second-order valence-electron chi connectivity index (χ2n) is 7.43. The van der Waals surface area contributed by atoms with Crippen molar-refractivity contribution in [3.05, 3.63) is 64.7 Å². The average molecular weight is 421 g/mol. The van der Waals surface area contributed by atoms with E-state index in [-0.39, 0.29) is 29.5 Å². The van der Waals surface area contributed by atoms with Gasteiger partial charge in [0.25, 0.3) is 17.7 Å². The topological polar surface area (TPSA) is 133 Å². The summed E-state index contributed by atoms with van der Waals surface area (Å²) in [5, 5.41) is 14.5. The number of imide groups is 2. The predicted molar refractivity (Wildman–Crippen MR) is 108 cm³/mol. The van der Waals surface area contributed by atoms with E-state index in [9.17, 15) is 29.1 Å². The molecule has 2 heterocycles. The van der Waals surface area contributed by atoms with Gasteiger partial charge >= 0.3 is 0 Å². The van der Waals surface area contributed by atoms with Crippen LogP contribution in [0, 0.1) is 0 Å². The third-order valence-corrected chi connectivity index (χ3v) is 5.34. The van der Waals surface area contributed by atoms with Gasteiger partial charge in [-0.1, -0.05) is 18.2 Å². The number of hydrogen-bond acceptors (Lipinski definition) is 6. The van der Waals surface area contributed by atoms with Crippen molar-refractivity contribution in [2.75, 3.05) is 5.32 Å². The van der Waals surface area contributed by atoms with Gasteiger partial charge < -0.3 is 10.4 Å². The molecule has 0 spiro atoms. The Balaban J connectivity index is 1.64. The molecule has 31 heavy (non-hydrogen) atoms. The highest BCUT2D eigenvalue weighted by Crippen LogP contribution is 2.30. The summed E-state index contributed by atoms with van der Waals surface area (Å²) in [4.78, 5) is 63.3. The number of nitrogens with one attached hydrogen (secondary N) is 2. The van der Waals surface area contributed by atoms with E-state index < -0.39 is 41.7 Å². The van der Waals surface area contributed by atoms with Crippen molar-refractivity contribution < 1.29 is 29.1 Å². The van der Waals surface area contributed by atoms with E-state index in [2.05, 4.69) is 10.6 Å². The number of anilines is 1. The maximum absolute atomic E-state index is 13.1. The number of carbonyl (C=O) groups excluding carboxylic acids is 5. The van der Waals surface area contributed by atoms with Crippen LogP contribution in [0.2, 0.25) is 0 Å². The van der Waals surface area contributed by atoms with Crippen LogP contribution in [-0.4, -0.2) is 45.6 Å². The lowest BCUT2D eigenvalue weighted by Gasteiger charge is -2.27. The van der Waals surface area contributed by atoms with E-state index in [0.717, 1.165) is 4.90 Å². The molecule has 4 rings (SSSR count). The summed E-state index contributed by atoms with van der Waals surface area (Å²) in [5.41, 5.74) is 0.959. The number of benzene rings is 2. The normalized spacial score (nSPS) is 19.2. The highest BCUT2D eigenvalue weighted by Gasteiger charge is 2.46. The zero-order valence-corrected chi connectivity index (χ0v) is 16.5. The van der Waals surface area contributed by atoms with Gasteiger partial charge in [-0.3, -0.25) is 34.2 Å². The van der Waals surface area contributed by atoms with E-state index in [1.807, 2.05) is 0 Å². The Bertz CT molecular complexity index is 1140. The first-order valence-corrected chi connectivity index (χ1v) is 9.72. The number of carbonyl (C=O) groups is 5. The Labute approximate surface area is 177 Å². The number of rotatable bonds is 4. The summed E-state index contributed by atoms with van der Waals surface area (Å²) in [6, 6.07) is 9.85. The smallest absolute Gasteiger partial charge is 0.263 e. The second-order valence-corrected chi connectivity index (χ2v) is 7.43. The zero-order valence-electron chi connectivity index (χ0n) is 16.5. The molecule has 0 saturated carbocycles. The van der Waals surface area contributed by atoms with Crippen LogP contribution >= 0.6 is 0 Å². The number of piperidine rings is 1. The summed E-state index contributed by atoms with van der Waals surface area (Å²) >= 11 is 0. The zero-order chi connectivity index (χ0) is 22.3. The highest BCUT2D eigenvalue weighted by atomic mass is 16.3. The van der Waals surface area contributed by atoms with Gasteiger partial charge in [0.2, 0.25) is 11.8 Å². The molecule has 9 heteroatoms. The van der Waals surface area contributed by atoms with Crippen molar-refractivity contribution in [2.45, 2.75) is 31.9 Å². The Morgan fingerprint density at radius 3 is 2.58 bits per heavy atom. The van der Waals surface area contributed by atoms with E-state index in [0.29, 0.717) is 11.3 Å². The molecule has 9 nitrogen and oxygen atoms in total. The number of fused-ring (bicyclic) bond motifs is 1. The fourth-order valence-corrected chi connectivity index (χ4v) is 3.78. The number of aliphatic hydroxyl groups is 1. The average Bonchev–Trinajstić information content (AvgIpc) is 2.99. The van der Waals surface area contributed by atoms with Gasteiger partial charge in [0, 0.05) is 12.1 Å². The lowest BCUT2D eigenvalue weighted by Crippen LogP contribution is -2.54. The SMILES string of the molecule is C[C@@H](O)c1cccc(NC(=O)c2cccc3c2C(=O)N(C2CCC(=O)NC2=O)C3=O)c1. The van der Waals surface area contributed by atoms with E-state index in [4.69, 9.17) is 0 Å². The number of amides is 5. The first-order valence-electron chi connectivity index (χ1n) is 9.72. The molecule has 2 aromatic rings. The summed E-state index contributed by atoms with van der Waals surface area (Å²) in [5.74, 6) is -3.21. The van der Waals surface area contributed by atoms with Crippen LogP contribution in [-0.2, 0) is 9.59 Å². The minimum Gasteiger partial charge on any atom is -0.389 e. The molecule has 2 aliphatic rings. The molecule has 3 N–H and O–H groups in total. The van der Waals surface area contributed by atoms with Crippen molar-refractivity contribution >= 4 is 35.2 Å². The van der Waals surface area contributed by atoms with Crippen LogP contribution in [0.15, 0.2) is 42.5 Å². The molecule has 1 fully saturated rings. The van der Waals surface area contributed by atoms with Crippen LogP contribution < -0.4 is 10.6 Å². The first-order chi connectivity index (χ1) is 14.8. The van der Waals surface area contributed by atoms with Gasteiger partial charge in [-0.15, -0.1) is 0 Å². The molecule has 0 aliphatic carbocycles. The monoisotopic (exact) mass is 421 g/mol. The molecule has 1 saturated heterocycles. The van der Waals surface area contributed by atoms with E-state index in [1.54, 1.807) is 31.2 Å². The summed E-state index contributed by atoms with van der Waals surface area (Å²) in [6.45, 7) is 1.60. The molecule has 0 aromatic heterocycles. The summed E-state index contributed by atoms with van der Waals surface area (Å²) in [6.07, 6.45) is -0.681. The van der Waals surface area contributed by atoms with Gasteiger partial charge in [0.05, 0.1) is 22.8 Å². The molecule has 2 aliphatic heterocycles. The predicted octanol–water partition coefficient (Wildman–Crippen LogP) is 1.39. The van der Waals surface area contributed by atoms with Crippen molar-refractivity contribution in [3.63, 3.8) is 0 Å². The Morgan fingerprint density at radius 2 is 1.87 bits per heavy atom. The van der Waals surface area contributed by atoms with Crippen molar-refractivity contribution in [2.24, 2.45) is 0 Å². The molecular formula is C22H19N3O6. The van der Waals surface area contributed by atoms with Crippen molar-refractivity contribution in [1.82, 2.24) is 10.2 Å². The quantitative estimate of drug-likeness (QED) is 0.639. The third-order valence-electron chi connectivity index (χ3n) is 5.34. The van der Waals surface area contributed by atoms with Crippen LogP contribution in [0.3, 0.4) is 0 Å². The van der Waals surface area contributed by atoms with Crippen LogP contribution in [0.5, 0.6) is 0 Å². The molecule has 0 radical (unpaired) electrons. The van der Waals surface area contributed by atoms with Crippen molar-refractivity contribution in [3.8, 4) is 0 Å². The molecule has 158 valence electrons. The second kappa shape index (κ2) is 7.77. The molecule has 2 atom stereocenters. The van der Waals surface area contributed by atoms with Gasteiger partial charge in [-0.2, -0.15) is 0 Å². The fraction of sp³-hybridized carbons (Fsp3) is 0.227. The first kappa shape index (κ1) is 20.4. The standard InChI is InChI=1S/C22H19N3O6/c1-11(26)12-4-2-5-13(10-12)23-19(28)14-6-3-7-15-18(14)22(31)25(21(15)30)16-8-9-17(27)24-20(16)29/h2-7,10-11,16,26H,8-9H2,1H3,(H,23,28)(H,24,27,29)/t11-,16?/m1/s1. The maximum atomic E-state index is 13.1. The van der Waals surface area contributed by atoms with Gasteiger partial charge in [-0.05, 0) is 43.2 Å². The van der Waals surface area contributed by atoms with E-state index >= 15 is 0 Å². The maximum Gasteiger partial charge on any atom is 0.263 e. The van der Waals surface area contributed by atoms with Crippen LogP contribution in [0.25, 0.3) is 0 Å². The van der Waals surface area contributed by atoms with Crippen LogP contribution in [0.1, 0.15) is 62.5 Å². The van der Waals surface area contributed by atoms with Crippen molar-refractivity contribution in [1.29, 1.82) is 0 Å².